The van der Waals surface area contributed by atoms with Crippen LogP contribution in [0.5, 0.6) is 11.6 Å². The molecule has 0 saturated carbocycles. The number of hydrogen-bond donors (Lipinski definition) is 0. The average molecular weight is 422 g/mol. The molecule has 0 spiro atoms. The molecule has 0 fully saturated rings. The Morgan fingerprint density at radius 2 is 1.69 bits per heavy atom. The molecule has 5 rings (SSSR count). The molecule has 0 aliphatic heterocycles. The second-order valence-corrected chi connectivity index (χ2v) is 7.51. The summed E-state index contributed by atoms with van der Waals surface area (Å²) in [6.07, 6.45) is 4.89. The molecule has 3 aromatic heterocycles. The molecule has 2 aromatic carbocycles. The third kappa shape index (κ3) is 3.78. The molecule has 3 heterocycles. The van der Waals surface area contributed by atoms with Crippen LogP contribution in [0.15, 0.2) is 79.4 Å². The highest BCUT2D eigenvalue weighted by Crippen LogP contribution is 2.35. The predicted molar refractivity (Wildman–Crippen MR) is 122 cm³/mol. The largest absolute Gasteiger partial charge is 0.437 e. The van der Waals surface area contributed by atoms with Crippen molar-refractivity contribution in [1.82, 2.24) is 19.9 Å². The van der Waals surface area contributed by atoms with E-state index in [0.29, 0.717) is 17.2 Å². The van der Waals surface area contributed by atoms with Crippen LogP contribution < -0.4 is 4.74 Å². The summed E-state index contributed by atoms with van der Waals surface area (Å²) in [6.45, 7) is 3.67. The molecule has 0 atom stereocenters. The molecule has 0 aliphatic rings. The van der Waals surface area contributed by atoms with Crippen LogP contribution in [-0.4, -0.2) is 19.9 Å². The Balaban J connectivity index is 1.61. The highest BCUT2D eigenvalue weighted by Gasteiger charge is 2.13. The van der Waals surface area contributed by atoms with E-state index in [-0.39, 0.29) is 5.82 Å². The van der Waals surface area contributed by atoms with Gasteiger partial charge in [-0.1, -0.05) is 12.1 Å². The fraction of sp³-hybridized carbons (Fsp3) is 0.0769. The predicted octanol–water partition coefficient (Wildman–Crippen LogP) is 6.30. The summed E-state index contributed by atoms with van der Waals surface area (Å²) in [5.74, 6) is 0.817. The van der Waals surface area contributed by atoms with Crippen molar-refractivity contribution in [3.05, 3.63) is 96.5 Å². The summed E-state index contributed by atoms with van der Waals surface area (Å²) < 4.78 is 19.8. The zero-order valence-corrected chi connectivity index (χ0v) is 17.6. The molecule has 5 nitrogen and oxygen atoms in total. The smallest absolute Gasteiger partial charge is 0.230 e. The van der Waals surface area contributed by atoms with Crippen molar-refractivity contribution < 1.29 is 9.13 Å². The van der Waals surface area contributed by atoms with Gasteiger partial charge >= 0.3 is 0 Å². The summed E-state index contributed by atoms with van der Waals surface area (Å²) in [7, 11) is 0. The van der Waals surface area contributed by atoms with Crippen LogP contribution >= 0.6 is 0 Å². The van der Waals surface area contributed by atoms with Crippen molar-refractivity contribution in [2.75, 3.05) is 0 Å². The first-order chi connectivity index (χ1) is 15.6. The normalized spacial score (nSPS) is 11.0. The summed E-state index contributed by atoms with van der Waals surface area (Å²) in [5.41, 5.74) is 5.74. The fourth-order valence-corrected chi connectivity index (χ4v) is 3.57. The first-order valence-corrected chi connectivity index (χ1v) is 10.2. The zero-order valence-electron chi connectivity index (χ0n) is 17.6. The van der Waals surface area contributed by atoms with Gasteiger partial charge in [0, 0.05) is 23.0 Å². The molecule has 0 radical (unpaired) electrons. The van der Waals surface area contributed by atoms with E-state index in [2.05, 4.69) is 19.9 Å². The standard InChI is InChI=1S/C26H19FN4O/c1-16-12-19(6-9-23(16)27)25-21(4-3-11-28-25)18-7-10-24-22(13-18)26(31-15-30-24)32-20-8-5-17(2)29-14-20/h3-15H,1-2H3. The molecule has 156 valence electrons. The molecule has 0 amide bonds. The van der Waals surface area contributed by atoms with Gasteiger partial charge in [0.05, 0.1) is 22.8 Å². The number of nitrogens with zero attached hydrogens (tertiary/aromatic N) is 4. The van der Waals surface area contributed by atoms with E-state index in [1.54, 1.807) is 25.4 Å². The van der Waals surface area contributed by atoms with Gasteiger partial charge in [-0.05, 0) is 73.5 Å². The highest BCUT2D eigenvalue weighted by molar-refractivity contribution is 5.91. The first-order valence-electron chi connectivity index (χ1n) is 10.2. The summed E-state index contributed by atoms with van der Waals surface area (Å²) in [4.78, 5) is 17.6. The Morgan fingerprint density at radius 1 is 0.812 bits per heavy atom. The van der Waals surface area contributed by atoms with Crippen molar-refractivity contribution in [2.45, 2.75) is 13.8 Å². The number of benzene rings is 2. The highest BCUT2D eigenvalue weighted by atomic mass is 19.1. The van der Waals surface area contributed by atoms with Crippen LogP contribution in [0.2, 0.25) is 0 Å². The second-order valence-electron chi connectivity index (χ2n) is 7.51. The SMILES string of the molecule is Cc1ccc(Oc2ncnc3ccc(-c4cccnc4-c4ccc(F)c(C)c4)cc23)cn1. The van der Waals surface area contributed by atoms with Crippen LogP contribution in [-0.2, 0) is 0 Å². The minimum absolute atomic E-state index is 0.235. The lowest BCUT2D eigenvalue weighted by atomic mass is 9.97. The molecule has 6 heteroatoms. The lowest BCUT2D eigenvalue weighted by molar-refractivity contribution is 0.465. The Hall–Kier alpha value is -4.19. The number of halogens is 1. The lowest BCUT2D eigenvalue weighted by Gasteiger charge is -2.12. The first kappa shape index (κ1) is 19.8. The van der Waals surface area contributed by atoms with Crippen LogP contribution in [0.1, 0.15) is 11.3 Å². The lowest BCUT2D eigenvalue weighted by Crippen LogP contribution is -1.94. The monoisotopic (exact) mass is 422 g/mol. The summed E-state index contributed by atoms with van der Waals surface area (Å²) in [5, 5.41) is 0.774. The fourth-order valence-electron chi connectivity index (χ4n) is 3.57. The molecule has 0 bridgehead atoms. The van der Waals surface area contributed by atoms with Gasteiger partial charge in [0.1, 0.15) is 17.9 Å². The van der Waals surface area contributed by atoms with Gasteiger partial charge in [-0.2, -0.15) is 0 Å². The maximum absolute atomic E-state index is 13.8. The van der Waals surface area contributed by atoms with Gasteiger partial charge in [-0.15, -0.1) is 0 Å². The Labute approximate surface area is 184 Å². The van der Waals surface area contributed by atoms with Crippen LogP contribution in [0.25, 0.3) is 33.3 Å². The molecule has 0 unspecified atom stereocenters. The number of aryl methyl sites for hydroxylation is 2. The van der Waals surface area contributed by atoms with Crippen LogP contribution in [0, 0.1) is 19.7 Å². The van der Waals surface area contributed by atoms with Gasteiger partial charge in [-0.25, -0.2) is 14.4 Å². The number of hydrogen-bond acceptors (Lipinski definition) is 5. The molecular formula is C26H19FN4O. The molecule has 0 aliphatic carbocycles. The number of rotatable bonds is 4. The van der Waals surface area contributed by atoms with Gasteiger partial charge < -0.3 is 4.74 Å². The van der Waals surface area contributed by atoms with Crippen molar-refractivity contribution in [1.29, 1.82) is 0 Å². The van der Waals surface area contributed by atoms with Crippen LogP contribution in [0.4, 0.5) is 4.39 Å². The van der Waals surface area contributed by atoms with Gasteiger partial charge in [0.2, 0.25) is 5.88 Å². The van der Waals surface area contributed by atoms with E-state index in [1.165, 1.54) is 12.4 Å². The van der Waals surface area contributed by atoms with Crippen molar-refractivity contribution in [3.8, 4) is 34.0 Å². The van der Waals surface area contributed by atoms with E-state index in [4.69, 9.17) is 4.74 Å². The van der Waals surface area contributed by atoms with Gasteiger partial charge in [-0.3, -0.25) is 9.97 Å². The quantitative estimate of drug-likeness (QED) is 0.340. The molecule has 0 saturated heterocycles. The number of aromatic nitrogens is 4. The average Bonchev–Trinajstić information content (AvgIpc) is 2.82. The molecule has 0 N–H and O–H groups in total. The Bertz CT molecular complexity index is 1430. The maximum atomic E-state index is 13.8. The van der Waals surface area contributed by atoms with Gasteiger partial charge in [0.25, 0.3) is 0 Å². The minimum atomic E-state index is -0.235. The van der Waals surface area contributed by atoms with Crippen molar-refractivity contribution in [3.63, 3.8) is 0 Å². The Morgan fingerprint density at radius 3 is 2.50 bits per heavy atom. The van der Waals surface area contributed by atoms with E-state index < -0.39 is 0 Å². The van der Waals surface area contributed by atoms with E-state index >= 15 is 0 Å². The number of pyridine rings is 2. The molecule has 32 heavy (non-hydrogen) atoms. The number of ether oxygens (including phenoxy) is 1. The third-order valence-corrected chi connectivity index (χ3v) is 5.25. The zero-order chi connectivity index (χ0) is 22.1. The molecule has 5 aromatic rings. The van der Waals surface area contributed by atoms with E-state index in [0.717, 1.165) is 39.0 Å². The van der Waals surface area contributed by atoms with Crippen molar-refractivity contribution >= 4 is 10.9 Å². The minimum Gasteiger partial charge on any atom is -0.437 e. The van der Waals surface area contributed by atoms with E-state index in [1.807, 2.05) is 55.5 Å². The Kier molecular flexibility index (Phi) is 5.03. The van der Waals surface area contributed by atoms with E-state index in [9.17, 15) is 4.39 Å². The van der Waals surface area contributed by atoms with Gasteiger partial charge in [0.15, 0.2) is 0 Å². The number of fused-ring (bicyclic) bond motifs is 1. The second kappa shape index (κ2) is 8.15. The van der Waals surface area contributed by atoms with Crippen LogP contribution in [0.3, 0.4) is 0 Å². The molecular weight excluding hydrogens is 403 g/mol. The maximum Gasteiger partial charge on any atom is 0.230 e. The third-order valence-electron chi connectivity index (χ3n) is 5.25. The summed E-state index contributed by atoms with van der Waals surface area (Å²) >= 11 is 0. The topological polar surface area (TPSA) is 60.8 Å². The summed E-state index contributed by atoms with van der Waals surface area (Å²) in [6, 6.07) is 18.6. The van der Waals surface area contributed by atoms with Crippen molar-refractivity contribution in [2.24, 2.45) is 0 Å².